The summed E-state index contributed by atoms with van der Waals surface area (Å²) in [6, 6.07) is 5.25. The first-order valence-electron chi connectivity index (χ1n) is 6.13. The second-order valence-corrected chi connectivity index (χ2v) is 5.50. The summed E-state index contributed by atoms with van der Waals surface area (Å²) < 4.78 is 3.67. The number of anilines is 2. The van der Waals surface area contributed by atoms with E-state index in [1.54, 1.807) is 34.5 Å². The number of nitrogens with zero attached hydrogens (tertiary/aromatic N) is 2. The zero-order chi connectivity index (χ0) is 15.6. The largest absolute Gasteiger partial charge is 0.344 e. The number of carbonyl (C=O) groups excluding carboxylic acids is 2. The van der Waals surface area contributed by atoms with Crippen molar-refractivity contribution in [2.24, 2.45) is 14.1 Å². The molecule has 2 aromatic rings. The lowest BCUT2D eigenvalue weighted by atomic mass is 10.3. The van der Waals surface area contributed by atoms with Crippen LogP contribution in [0, 0.1) is 0 Å². The smallest absolute Gasteiger partial charge is 0.273 e. The maximum absolute atomic E-state index is 12.2. The van der Waals surface area contributed by atoms with E-state index in [4.69, 9.17) is 0 Å². The fourth-order valence-corrected chi connectivity index (χ4v) is 1.93. The zero-order valence-corrected chi connectivity index (χ0v) is 13.3. The van der Waals surface area contributed by atoms with Crippen molar-refractivity contribution in [3.63, 3.8) is 0 Å². The van der Waals surface area contributed by atoms with E-state index in [-0.39, 0.29) is 16.3 Å². The van der Waals surface area contributed by atoms with Gasteiger partial charge in [-0.3, -0.25) is 9.59 Å². The van der Waals surface area contributed by atoms with Gasteiger partial charge in [0, 0.05) is 26.5 Å². The van der Waals surface area contributed by atoms with Gasteiger partial charge in [-0.25, -0.2) is 0 Å². The fourth-order valence-electron chi connectivity index (χ4n) is 1.83. The van der Waals surface area contributed by atoms with Crippen LogP contribution in [0.3, 0.4) is 0 Å². The first-order valence-corrected chi connectivity index (χ1v) is 6.92. The van der Waals surface area contributed by atoms with Crippen LogP contribution >= 0.6 is 15.9 Å². The minimum atomic E-state index is -0.352. The number of halogens is 1. The number of amides is 2. The highest BCUT2D eigenvalue weighted by molar-refractivity contribution is 9.12. The average molecular weight is 351 g/mol. The Balaban J connectivity index is 2.15. The normalized spacial score (nSPS) is 10.2. The van der Waals surface area contributed by atoms with Crippen LogP contribution in [0.2, 0.25) is 0 Å². The quantitative estimate of drug-likeness (QED) is 0.831. The van der Waals surface area contributed by atoms with Gasteiger partial charge < -0.3 is 19.8 Å². The summed E-state index contributed by atoms with van der Waals surface area (Å²) in [7, 11) is 3.58. The second kappa shape index (κ2) is 6.01. The molecule has 2 rings (SSSR count). The number of hydrogen-bond acceptors (Lipinski definition) is 2. The first kappa shape index (κ1) is 15.1. The fraction of sp³-hybridized carbons (Fsp3) is 0.143. The summed E-state index contributed by atoms with van der Waals surface area (Å²) in [5, 5.41) is 5.44. The summed E-state index contributed by atoms with van der Waals surface area (Å²) in [5.74, 6) is 0.0908. The molecule has 110 valence electrons. The van der Waals surface area contributed by atoms with Crippen molar-refractivity contribution >= 4 is 39.2 Å². The molecule has 0 saturated heterocycles. The summed E-state index contributed by atoms with van der Waals surface area (Å²) in [6.45, 7) is 3.49. The molecule has 0 fully saturated rings. The lowest BCUT2D eigenvalue weighted by molar-refractivity contribution is -0.112. The Hall–Kier alpha value is -2.28. The number of nitrogens with one attached hydrogen (secondary N) is 2. The summed E-state index contributed by atoms with van der Waals surface area (Å²) >= 11 is 3.00. The Kier molecular flexibility index (Phi) is 4.32. The molecule has 0 aliphatic carbocycles. The van der Waals surface area contributed by atoms with Crippen LogP contribution in [0.15, 0.2) is 41.7 Å². The van der Waals surface area contributed by atoms with E-state index in [0.717, 1.165) is 0 Å². The molecule has 21 heavy (non-hydrogen) atoms. The highest BCUT2D eigenvalue weighted by Crippen LogP contribution is 2.16. The molecule has 2 aromatic heterocycles. The standard InChI is InChI=1S/C14H15BrN4O2/c1-9(15)13(20)16-10-7-11(19(3)8-10)14(21)17-12-5-4-6-18(12)2/h4-8H,1H2,2-3H3,(H,16,20)(H,17,21). The van der Waals surface area contributed by atoms with Gasteiger partial charge in [0.15, 0.2) is 0 Å². The van der Waals surface area contributed by atoms with Gasteiger partial charge in [-0.05, 0) is 34.1 Å². The van der Waals surface area contributed by atoms with E-state index >= 15 is 0 Å². The third-order valence-electron chi connectivity index (χ3n) is 2.93. The van der Waals surface area contributed by atoms with Gasteiger partial charge in [0.1, 0.15) is 11.5 Å². The molecule has 0 spiro atoms. The lowest BCUT2D eigenvalue weighted by Gasteiger charge is -2.06. The third-order valence-corrected chi connectivity index (χ3v) is 3.29. The highest BCUT2D eigenvalue weighted by atomic mass is 79.9. The van der Waals surface area contributed by atoms with Crippen LogP contribution < -0.4 is 10.6 Å². The van der Waals surface area contributed by atoms with E-state index in [0.29, 0.717) is 17.2 Å². The second-order valence-electron chi connectivity index (χ2n) is 4.54. The number of hydrogen-bond donors (Lipinski definition) is 2. The SMILES string of the molecule is C=C(Br)C(=O)Nc1cc(C(=O)Nc2cccn2C)n(C)c1. The molecule has 0 aliphatic heterocycles. The molecule has 0 bridgehead atoms. The molecular formula is C14H15BrN4O2. The van der Waals surface area contributed by atoms with Gasteiger partial charge in [0.2, 0.25) is 0 Å². The molecule has 0 aliphatic rings. The van der Waals surface area contributed by atoms with Crippen molar-refractivity contribution < 1.29 is 9.59 Å². The minimum absolute atomic E-state index is 0.223. The van der Waals surface area contributed by atoms with E-state index < -0.39 is 0 Å². The van der Waals surface area contributed by atoms with Crippen LogP contribution in [0.25, 0.3) is 0 Å². The van der Waals surface area contributed by atoms with Gasteiger partial charge in [-0.15, -0.1) is 0 Å². The predicted molar refractivity (Wildman–Crippen MR) is 85.5 cm³/mol. The van der Waals surface area contributed by atoms with Gasteiger partial charge in [0.05, 0.1) is 10.2 Å². The van der Waals surface area contributed by atoms with Gasteiger partial charge >= 0.3 is 0 Å². The predicted octanol–water partition coefficient (Wildman–Crippen LogP) is 2.46. The van der Waals surface area contributed by atoms with Crippen LogP contribution in [0.1, 0.15) is 10.5 Å². The molecule has 0 radical (unpaired) electrons. The van der Waals surface area contributed by atoms with Crippen molar-refractivity contribution in [2.75, 3.05) is 10.6 Å². The zero-order valence-electron chi connectivity index (χ0n) is 11.7. The Morgan fingerprint density at radius 1 is 1.24 bits per heavy atom. The van der Waals surface area contributed by atoms with Crippen LogP contribution in [-0.2, 0) is 18.9 Å². The monoisotopic (exact) mass is 350 g/mol. The number of carbonyl (C=O) groups is 2. The van der Waals surface area contributed by atoms with Crippen molar-refractivity contribution in [1.29, 1.82) is 0 Å². The number of aryl methyl sites for hydroxylation is 2. The van der Waals surface area contributed by atoms with Crippen LogP contribution in [0.5, 0.6) is 0 Å². The Morgan fingerprint density at radius 2 is 1.95 bits per heavy atom. The van der Waals surface area contributed by atoms with Gasteiger partial charge in [0.25, 0.3) is 11.8 Å². The molecule has 0 unspecified atom stereocenters. The Bertz CT molecular complexity index is 714. The van der Waals surface area contributed by atoms with E-state index in [1.165, 1.54) is 0 Å². The molecule has 0 aromatic carbocycles. The molecule has 7 heteroatoms. The Morgan fingerprint density at radius 3 is 2.52 bits per heavy atom. The van der Waals surface area contributed by atoms with E-state index in [1.807, 2.05) is 19.3 Å². The molecule has 2 heterocycles. The van der Waals surface area contributed by atoms with Crippen molar-refractivity contribution in [2.45, 2.75) is 0 Å². The van der Waals surface area contributed by atoms with E-state index in [9.17, 15) is 9.59 Å². The topological polar surface area (TPSA) is 68.1 Å². The Labute approximate surface area is 130 Å². The molecule has 2 amide bonds. The molecule has 0 saturated carbocycles. The van der Waals surface area contributed by atoms with E-state index in [2.05, 4.69) is 33.1 Å². The average Bonchev–Trinajstić information content (AvgIpc) is 2.96. The van der Waals surface area contributed by atoms with Crippen molar-refractivity contribution in [1.82, 2.24) is 9.13 Å². The molecule has 0 atom stereocenters. The van der Waals surface area contributed by atoms with Crippen LogP contribution in [0.4, 0.5) is 11.5 Å². The van der Waals surface area contributed by atoms with Gasteiger partial charge in [-0.2, -0.15) is 0 Å². The highest BCUT2D eigenvalue weighted by Gasteiger charge is 2.14. The molecular weight excluding hydrogens is 336 g/mol. The lowest BCUT2D eigenvalue weighted by Crippen LogP contribution is -2.16. The molecule has 2 N–H and O–H groups in total. The van der Waals surface area contributed by atoms with Crippen molar-refractivity contribution in [3.8, 4) is 0 Å². The third kappa shape index (κ3) is 3.43. The summed E-state index contributed by atoms with van der Waals surface area (Å²) in [5.41, 5.74) is 0.965. The number of rotatable bonds is 4. The first-order chi connectivity index (χ1) is 9.88. The maximum Gasteiger partial charge on any atom is 0.273 e. The van der Waals surface area contributed by atoms with Crippen molar-refractivity contribution in [3.05, 3.63) is 47.3 Å². The number of aromatic nitrogens is 2. The van der Waals surface area contributed by atoms with Crippen LogP contribution in [-0.4, -0.2) is 20.9 Å². The summed E-state index contributed by atoms with van der Waals surface area (Å²) in [4.78, 5) is 23.8. The molecule has 6 nitrogen and oxygen atoms in total. The maximum atomic E-state index is 12.2. The van der Waals surface area contributed by atoms with Gasteiger partial charge in [-0.1, -0.05) is 6.58 Å². The minimum Gasteiger partial charge on any atom is -0.344 e. The summed E-state index contributed by atoms with van der Waals surface area (Å²) in [6.07, 6.45) is 3.50.